The minimum Gasteiger partial charge on any atom is -0.392 e. The van der Waals surface area contributed by atoms with Crippen molar-refractivity contribution in [1.29, 1.82) is 0 Å². The molecule has 1 saturated carbocycles. The Kier molecular flexibility index (Phi) is 9.58. The van der Waals surface area contributed by atoms with Crippen molar-refractivity contribution in [3.8, 4) is 11.1 Å². The number of urea groups is 1. The number of carbonyl (C=O) groups excluding carboxylic acids is 1. The van der Waals surface area contributed by atoms with Gasteiger partial charge in [0.05, 0.1) is 18.8 Å². The molecule has 0 aromatic heterocycles. The smallest absolute Gasteiger partial charge is 0.315 e. The van der Waals surface area contributed by atoms with Crippen LogP contribution in [0.5, 0.6) is 0 Å². The first-order valence-electron chi connectivity index (χ1n) is 17.0. The Morgan fingerprint density at radius 1 is 0.913 bits per heavy atom. The summed E-state index contributed by atoms with van der Waals surface area (Å²) in [6.07, 6.45) is 3.12. The van der Waals surface area contributed by atoms with Gasteiger partial charge < -0.3 is 25.2 Å². The molecular weight excluding hydrogens is 574 g/mol. The zero-order valence-corrected chi connectivity index (χ0v) is 28.1. The number of hydrogen-bond acceptors (Lipinski definition) is 5. The number of benzene rings is 3. The lowest BCUT2D eigenvalue weighted by Crippen LogP contribution is -2.46. The average molecular weight is 626 g/mol. The monoisotopic (exact) mass is 625 g/mol. The Balaban J connectivity index is 1.26. The molecule has 46 heavy (non-hydrogen) atoms. The van der Waals surface area contributed by atoms with Gasteiger partial charge in [0.25, 0.3) is 0 Å². The van der Waals surface area contributed by atoms with E-state index in [0.717, 1.165) is 46.5 Å². The number of nitrogens with one attached hydrogen (secondary N) is 2. The summed E-state index contributed by atoms with van der Waals surface area (Å²) < 4.78 is 13.7. The van der Waals surface area contributed by atoms with E-state index in [1.807, 2.05) is 31.2 Å². The van der Waals surface area contributed by atoms with Gasteiger partial charge in [-0.25, -0.2) is 4.79 Å². The molecule has 7 heteroatoms. The van der Waals surface area contributed by atoms with Crippen LogP contribution >= 0.6 is 0 Å². The number of nitrogens with zero attached hydrogens (tertiary/aromatic N) is 1. The van der Waals surface area contributed by atoms with Crippen LogP contribution in [0.4, 0.5) is 4.79 Å². The number of aliphatic hydroxyl groups excluding tert-OH is 1. The van der Waals surface area contributed by atoms with Gasteiger partial charge in [-0.2, -0.15) is 0 Å². The summed E-state index contributed by atoms with van der Waals surface area (Å²) in [7, 11) is 0. The first-order chi connectivity index (χ1) is 22.0. The van der Waals surface area contributed by atoms with Crippen LogP contribution < -0.4 is 10.6 Å². The van der Waals surface area contributed by atoms with Crippen LogP contribution in [0.3, 0.4) is 0 Å². The van der Waals surface area contributed by atoms with Gasteiger partial charge in [0.15, 0.2) is 6.29 Å². The lowest BCUT2D eigenvalue weighted by molar-refractivity contribution is -0.276. The highest BCUT2D eigenvalue weighted by atomic mass is 16.7. The zero-order chi connectivity index (χ0) is 32.5. The maximum absolute atomic E-state index is 11.9. The molecule has 3 N–H and O–H groups in total. The highest BCUT2D eigenvalue weighted by Gasteiger charge is 2.51. The molecule has 2 bridgehead atoms. The van der Waals surface area contributed by atoms with E-state index in [1.165, 1.54) is 19.3 Å². The molecule has 6 rings (SSSR count). The number of hydrogen-bond donors (Lipinski definition) is 3. The standard InChI is InChI=1S/C39H51N3O4/c1-6-40-37(44)41-21-28-9-7-10-30(17-28)31-11-8-12-32(18-31)36-45-34(22-42-25-39(5)20-33(42)19-38(3,4)24-39)26(2)35(46-36)29-15-13-27(23-43)14-16-29/h7-18,26,33-36,43H,6,19-25H2,1-5H3,(H2,40,41,44)/t26-,33?,34+,35+,36+,39?/m0/s1. The molecule has 0 radical (unpaired) electrons. The highest BCUT2D eigenvalue weighted by molar-refractivity contribution is 5.74. The van der Waals surface area contributed by atoms with Crippen molar-refractivity contribution in [3.63, 3.8) is 0 Å². The molecule has 3 aliphatic rings. The molecule has 3 aromatic rings. The zero-order valence-electron chi connectivity index (χ0n) is 28.1. The molecule has 2 heterocycles. The van der Waals surface area contributed by atoms with Crippen LogP contribution in [0.1, 0.15) is 88.5 Å². The lowest BCUT2D eigenvalue weighted by atomic mass is 9.65. The van der Waals surface area contributed by atoms with E-state index in [2.05, 4.69) is 91.8 Å². The van der Waals surface area contributed by atoms with E-state index in [4.69, 9.17) is 9.47 Å². The number of fused-ring (bicyclic) bond motifs is 2. The van der Waals surface area contributed by atoms with E-state index in [0.29, 0.717) is 30.0 Å². The quantitative estimate of drug-likeness (QED) is 0.232. The van der Waals surface area contributed by atoms with E-state index in [1.54, 1.807) is 0 Å². The predicted octanol–water partition coefficient (Wildman–Crippen LogP) is 7.36. The molecule has 3 fully saturated rings. The summed E-state index contributed by atoms with van der Waals surface area (Å²) >= 11 is 0. The average Bonchev–Trinajstić information content (AvgIpc) is 3.28. The van der Waals surface area contributed by atoms with E-state index < -0.39 is 6.29 Å². The Hall–Kier alpha value is -3.23. The van der Waals surface area contributed by atoms with Gasteiger partial charge in [-0.05, 0) is 77.0 Å². The van der Waals surface area contributed by atoms with Crippen molar-refractivity contribution in [2.45, 2.75) is 91.6 Å². The van der Waals surface area contributed by atoms with Crippen molar-refractivity contribution in [1.82, 2.24) is 15.5 Å². The summed E-state index contributed by atoms with van der Waals surface area (Å²) in [5.74, 6) is 0.148. The lowest BCUT2D eigenvalue weighted by Gasteiger charge is -2.43. The fraction of sp³-hybridized carbons (Fsp3) is 0.513. The molecule has 2 unspecified atom stereocenters. The predicted molar refractivity (Wildman–Crippen MR) is 182 cm³/mol. The van der Waals surface area contributed by atoms with Crippen LogP contribution in [0.15, 0.2) is 72.8 Å². The third kappa shape index (κ3) is 7.33. The fourth-order valence-electron chi connectivity index (χ4n) is 8.48. The van der Waals surface area contributed by atoms with Gasteiger partial charge in [0.1, 0.15) is 0 Å². The van der Waals surface area contributed by atoms with E-state index in [9.17, 15) is 9.90 Å². The number of aliphatic hydroxyl groups is 1. The van der Waals surface area contributed by atoms with Crippen molar-refractivity contribution in [3.05, 3.63) is 95.1 Å². The molecule has 7 nitrogen and oxygen atoms in total. The summed E-state index contributed by atoms with van der Waals surface area (Å²) in [5.41, 5.74) is 6.91. The summed E-state index contributed by atoms with van der Waals surface area (Å²) in [4.78, 5) is 14.7. The number of rotatable bonds is 9. The van der Waals surface area contributed by atoms with E-state index >= 15 is 0 Å². The first-order valence-corrected chi connectivity index (χ1v) is 17.0. The second-order valence-electron chi connectivity index (χ2n) is 15.0. The normalized spacial score (nSPS) is 29.0. The number of likely N-dealkylation sites (tertiary alicyclic amines) is 1. The molecule has 3 aromatic carbocycles. The second kappa shape index (κ2) is 13.5. The minimum absolute atomic E-state index is 0.000318. The van der Waals surface area contributed by atoms with Gasteiger partial charge in [-0.1, -0.05) is 88.4 Å². The van der Waals surface area contributed by atoms with Crippen molar-refractivity contribution >= 4 is 6.03 Å². The summed E-state index contributed by atoms with van der Waals surface area (Å²) in [5, 5.41) is 15.4. The third-order valence-corrected chi connectivity index (χ3v) is 10.3. The Labute approximate surface area is 274 Å². The first kappa shape index (κ1) is 32.7. The molecule has 6 atom stereocenters. The van der Waals surface area contributed by atoms with Crippen LogP contribution in [0.25, 0.3) is 11.1 Å². The second-order valence-corrected chi connectivity index (χ2v) is 15.0. The van der Waals surface area contributed by atoms with Gasteiger partial charge in [0.2, 0.25) is 0 Å². The van der Waals surface area contributed by atoms with Crippen LogP contribution in [-0.4, -0.2) is 47.8 Å². The Bertz CT molecular complexity index is 1510. The van der Waals surface area contributed by atoms with Crippen molar-refractivity contribution < 1.29 is 19.4 Å². The summed E-state index contributed by atoms with van der Waals surface area (Å²) in [6, 6.07) is 25.3. The SMILES string of the molecule is CCNC(=O)NCc1cccc(-c2cccc([C@@H]3O[C@H](CN4CC5(C)CC4CC(C)(C)C5)[C@H](C)[C@H](c4ccc(CO)cc4)O3)c2)c1. The minimum atomic E-state index is -0.514. The molecular formula is C39H51N3O4. The van der Waals surface area contributed by atoms with Gasteiger partial charge in [-0.3, -0.25) is 4.90 Å². The number of ether oxygens (including phenoxy) is 2. The highest BCUT2D eigenvalue weighted by Crippen LogP contribution is 2.53. The van der Waals surface area contributed by atoms with Crippen molar-refractivity contribution in [2.24, 2.45) is 16.7 Å². The molecule has 2 aliphatic heterocycles. The van der Waals surface area contributed by atoms with Gasteiger partial charge >= 0.3 is 6.03 Å². The maximum atomic E-state index is 11.9. The Morgan fingerprint density at radius 3 is 2.39 bits per heavy atom. The largest absolute Gasteiger partial charge is 0.392 e. The summed E-state index contributed by atoms with van der Waals surface area (Å²) in [6.45, 7) is 14.6. The molecule has 246 valence electrons. The fourth-order valence-corrected chi connectivity index (χ4v) is 8.48. The number of amides is 2. The van der Waals surface area contributed by atoms with Crippen LogP contribution in [0.2, 0.25) is 0 Å². The van der Waals surface area contributed by atoms with Gasteiger partial charge in [-0.15, -0.1) is 0 Å². The molecule has 0 spiro atoms. The Morgan fingerprint density at radius 2 is 1.65 bits per heavy atom. The maximum Gasteiger partial charge on any atom is 0.315 e. The molecule has 1 aliphatic carbocycles. The third-order valence-electron chi connectivity index (χ3n) is 10.3. The van der Waals surface area contributed by atoms with Gasteiger partial charge in [0, 0.05) is 43.7 Å². The molecule has 2 saturated heterocycles. The van der Waals surface area contributed by atoms with E-state index in [-0.39, 0.29) is 30.8 Å². The van der Waals surface area contributed by atoms with Crippen LogP contribution in [0, 0.1) is 16.7 Å². The molecule has 2 amide bonds. The number of carbonyl (C=O) groups is 1. The topological polar surface area (TPSA) is 83.1 Å². The van der Waals surface area contributed by atoms with Crippen LogP contribution in [-0.2, 0) is 22.6 Å². The van der Waals surface area contributed by atoms with Crippen molar-refractivity contribution in [2.75, 3.05) is 19.6 Å².